The molecule has 5 nitrogen and oxygen atoms in total. The molecule has 0 radical (unpaired) electrons. The molecule has 0 aromatic heterocycles. The van der Waals surface area contributed by atoms with Crippen LogP contribution in [0.5, 0.6) is 0 Å². The maximum Gasteiger partial charge on any atom is 0.228 e. The summed E-state index contributed by atoms with van der Waals surface area (Å²) in [7, 11) is 3.52. The molecule has 0 saturated carbocycles. The second kappa shape index (κ2) is 4.47. The van der Waals surface area contributed by atoms with Crippen LogP contribution in [0.4, 0.5) is 0 Å². The number of hydrogen-bond donors (Lipinski definition) is 0. The van der Waals surface area contributed by atoms with Gasteiger partial charge in [-0.15, -0.1) is 0 Å². The summed E-state index contributed by atoms with van der Waals surface area (Å²) in [6, 6.07) is 0.197. The molecule has 0 bridgehead atoms. The van der Waals surface area contributed by atoms with Crippen LogP contribution in [0, 0.1) is 5.92 Å². The summed E-state index contributed by atoms with van der Waals surface area (Å²) in [5, 5.41) is 0. The van der Waals surface area contributed by atoms with Gasteiger partial charge in [0.25, 0.3) is 0 Å². The third-order valence-electron chi connectivity index (χ3n) is 3.18. The molecule has 0 N–H and O–H groups in total. The molecule has 15 heavy (non-hydrogen) atoms. The first-order chi connectivity index (χ1) is 7.24. The van der Waals surface area contributed by atoms with Crippen molar-refractivity contribution in [1.29, 1.82) is 0 Å². The van der Waals surface area contributed by atoms with Crippen molar-refractivity contribution in [2.45, 2.75) is 12.5 Å². The largest absolute Gasteiger partial charge is 0.380 e. The molecule has 0 aromatic rings. The molecule has 2 atom stereocenters. The average molecular weight is 214 g/mol. The standard InChI is InChI=1S/C10H18N2O3/c1-11-6-12(7-14-2)9-5-15-4-3-8(9)10(11)13/h8-9H,3-7H2,1-2H3. The Kier molecular flexibility index (Phi) is 3.23. The van der Waals surface area contributed by atoms with E-state index in [9.17, 15) is 4.79 Å². The Labute approximate surface area is 89.9 Å². The summed E-state index contributed by atoms with van der Waals surface area (Å²) in [4.78, 5) is 15.8. The first-order valence-corrected chi connectivity index (χ1v) is 5.29. The van der Waals surface area contributed by atoms with Gasteiger partial charge in [-0.05, 0) is 6.42 Å². The Bertz CT molecular complexity index is 247. The molecule has 2 unspecified atom stereocenters. The molecule has 0 aromatic carbocycles. The Morgan fingerprint density at radius 2 is 2.40 bits per heavy atom. The van der Waals surface area contributed by atoms with Crippen molar-refractivity contribution in [1.82, 2.24) is 9.80 Å². The zero-order valence-corrected chi connectivity index (χ0v) is 9.31. The first-order valence-electron chi connectivity index (χ1n) is 5.29. The molecular weight excluding hydrogens is 196 g/mol. The topological polar surface area (TPSA) is 42.0 Å². The maximum atomic E-state index is 11.9. The highest BCUT2D eigenvalue weighted by atomic mass is 16.5. The van der Waals surface area contributed by atoms with E-state index in [-0.39, 0.29) is 17.9 Å². The molecule has 0 aliphatic carbocycles. The van der Waals surface area contributed by atoms with E-state index in [1.54, 1.807) is 12.0 Å². The lowest BCUT2D eigenvalue weighted by molar-refractivity contribution is -0.161. The van der Waals surface area contributed by atoms with Gasteiger partial charge in [0.15, 0.2) is 0 Å². The molecule has 2 aliphatic rings. The zero-order valence-electron chi connectivity index (χ0n) is 9.31. The predicted molar refractivity (Wildman–Crippen MR) is 54.1 cm³/mol. The molecular formula is C10H18N2O3. The van der Waals surface area contributed by atoms with Crippen molar-refractivity contribution < 1.29 is 14.3 Å². The Hall–Kier alpha value is -0.650. The quantitative estimate of drug-likeness (QED) is 0.634. The molecule has 2 heterocycles. The van der Waals surface area contributed by atoms with E-state index >= 15 is 0 Å². The van der Waals surface area contributed by atoms with E-state index in [4.69, 9.17) is 9.47 Å². The highest BCUT2D eigenvalue weighted by Gasteiger charge is 2.41. The van der Waals surface area contributed by atoms with Crippen LogP contribution >= 0.6 is 0 Å². The van der Waals surface area contributed by atoms with Gasteiger partial charge in [-0.3, -0.25) is 9.69 Å². The number of hydrogen-bond acceptors (Lipinski definition) is 4. The van der Waals surface area contributed by atoms with E-state index in [1.165, 1.54) is 0 Å². The van der Waals surface area contributed by atoms with Gasteiger partial charge in [0.05, 0.1) is 19.2 Å². The van der Waals surface area contributed by atoms with Crippen molar-refractivity contribution in [2.75, 3.05) is 40.8 Å². The smallest absolute Gasteiger partial charge is 0.228 e. The van der Waals surface area contributed by atoms with Gasteiger partial charge < -0.3 is 14.4 Å². The van der Waals surface area contributed by atoms with Crippen LogP contribution in [0.2, 0.25) is 0 Å². The summed E-state index contributed by atoms with van der Waals surface area (Å²) in [6.07, 6.45) is 0.827. The minimum atomic E-state index is 0.0904. The monoisotopic (exact) mass is 214 g/mol. The van der Waals surface area contributed by atoms with Gasteiger partial charge in [0.1, 0.15) is 6.73 Å². The van der Waals surface area contributed by atoms with E-state index in [2.05, 4.69) is 4.90 Å². The number of carbonyl (C=O) groups excluding carboxylic acids is 1. The molecule has 5 heteroatoms. The van der Waals surface area contributed by atoms with E-state index < -0.39 is 0 Å². The molecule has 2 saturated heterocycles. The maximum absolute atomic E-state index is 11.9. The molecule has 1 amide bonds. The fourth-order valence-electron chi connectivity index (χ4n) is 2.40. The molecule has 2 fully saturated rings. The van der Waals surface area contributed by atoms with Gasteiger partial charge in [0, 0.05) is 26.8 Å². The first kappa shape index (κ1) is 10.9. The second-order valence-corrected chi connectivity index (χ2v) is 4.22. The summed E-state index contributed by atoms with van der Waals surface area (Å²) in [6.45, 7) is 2.54. The lowest BCUT2D eigenvalue weighted by Crippen LogP contribution is -2.61. The van der Waals surface area contributed by atoms with Gasteiger partial charge >= 0.3 is 0 Å². The second-order valence-electron chi connectivity index (χ2n) is 4.22. The number of carbonyl (C=O) groups is 1. The summed E-state index contributed by atoms with van der Waals surface area (Å²) < 4.78 is 10.6. The lowest BCUT2D eigenvalue weighted by Gasteiger charge is -2.45. The molecule has 2 rings (SSSR count). The highest BCUT2D eigenvalue weighted by Crippen LogP contribution is 2.26. The van der Waals surface area contributed by atoms with Crippen LogP contribution in [0.15, 0.2) is 0 Å². The number of fused-ring (bicyclic) bond motifs is 1. The SMILES string of the molecule is COCN1CN(C)C(=O)C2CCOCC21. The predicted octanol–water partition coefficient (Wildman–Crippen LogP) is -0.273. The van der Waals surface area contributed by atoms with Crippen molar-refractivity contribution in [3.63, 3.8) is 0 Å². The van der Waals surface area contributed by atoms with Crippen LogP contribution in [0.1, 0.15) is 6.42 Å². The van der Waals surface area contributed by atoms with E-state index in [0.717, 1.165) is 6.42 Å². The normalized spacial score (nSPS) is 32.9. The van der Waals surface area contributed by atoms with Crippen LogP contribution in [-0.2, 0) is 14.3 Å². The van der Waals surface area contributed by atoms with Crippen molar-refractivity contribution >= 4 is 5.91 Å². The Morgan fingerprint density at radius 3 is 3.13 bits per heavy atom. The van der Waals surface area contributed by atoms with Crippen molar-refractivity contribution in [3.05, 3.63) is 0 Å². The van der Waals surface area contributed by atoms with Gasteiger partial charge in [0.2, 0.25) is 5.91 Å². The summed E-state index contributed by atoms with van der Waals surface area (Å²) in [5.41, 5.74) is 0. The van der Waals surface area contributed by atoms with Crippen LogP contribution < -0.4 is 0 Å². The number of methoxy groups -OCH3 is 1. The summed E-state index contributed by atoms with van der Waals surface area (Å²) >= 11 is 0. The molecule has 86 valence electrons. The van der Waals surface area contributed by atoms with Crippen molar-refractivity contribution in [3.8, 4) is 0 Å². The average Bonchev–Trinajstić information content (AvgIpc) is 2.26. The van der Waals surface area contributed by atoms with E-state index in [0.29, 0.717) is 26.6 Å². The number of ether oxygens (including phenoxy) is 2. The Morgan fingerprint density at radius 1 is 1.60 bits per heavy atom. The van der Waals surface area contributed by atoms with Gasteiger partial charge in [-0.1, -0.05) is 0 Å². The fourth-order valence-corrected chi connectivity index (χ4v) is 2.40. The minimum absolute atomic E-state index is 0.0904. The van der Waals surface area contributed by atoms with Crippen molar-refractivity contribution in [2.24, 2.45) is 5.92 Å². The van der Waals surface area contributed by atoms with Crippen LogP contribution in [0.3, 0.4) is 0 Å². The van der Waals surface area contributed by atoms with Gasteiger partial charge in [-0.2, -0.15) is 0 Å². The third-order valence-corrected chi connectivity index (χ3v) is 3.18. The number of amides is 1. The third kappa shape index (κ3) is 2.00. The van der Waals surface area contributed by atoms with Crippen LogP contribution in [0.25, 0.3) is 0 Å². The van der Waals surface area contributed by atoms with Crippen LogP contribution in [-0.4, -0.2) is 62.5 Å². The molecule has 0 spiro atoms. The summed E-state index contributed by atoms with van der Waals surface area (Å²) in [5.74, 6) is 0.336. The fraction of sp³-hybridized carbons (Fsp3) is 0.900. The number of nitrogens with zero attached hydrogens (tertiary/aromatic N) is 2. The van der Waals surface area contributed by atoms with Gasteiger partial charge in [-0.25, -0.2) is 0 Å². The Balaban J connectivity index is 2.10. The van der Waals surface area contributed by atoms with E-state index in [1.807, 2.05) is 7.05 Å². The minimum Gasteiger partial charge on any atom is -0.380 e. The zero-order chi connectivity index (χ0) is 10.8. The molecule has 2 aliphatic heterocycles. The lowest BCUT2D eigenvalue weighted by atomic mass is 9.91. The highest BCUT2D eigenvalue weighted by molar-refractivity contribution is 5.80. The number of rotatable bonds is 2.